The first kappa shape index (κ1) is 18.7. The van der Waals surface area contributed by atoms with Gasteiger partial charge in [0, 0.05) is 29.9 Å². The van der Waals surface area contributed by atoms with Crippen molar-refractivity contribution in [3.63, 3.8) is 0 Å². The monoisotopic (exact) mass is 361 g/mol. The molecule has 0 fully saturated rings. The number of oxime groups is 1. The number of hydrogen-bond donors (Lipinski definition) is 1. The van der Waals surface area contributed by atoms with Crippen LogP contribution in [0.4, 0.5) is 4.79 Å². The molecule has 0 bridgehead atoms. The summed E-state index contributed by atoms with van der Waals surface area (Å²) in [7, 11) is 1.32. The maximum absolute atomic E-state index is 11.1. The lowest BCUT2D eigenvalue weighted by molar-refractivity contribution is 0.128. The number of methoxy groups -OCH3 is 1. The fourth-order valence-electron chi connectivity index (χ4n) is 2.11. The van der Waals surface area contributed by atoms with Gasteiger partial charge in [-0.3, -0.25) is 4.98 Å². The van der Waals surface area contributed by atoms with Crippen molar-refractivity contribution in [2.45, 2.75) is 26.5 Å². The number of pyridine rings is 1. The molecule has 2 rings (SSSR count). The van der Waals surface area contributed by atoms with Gasteiger partial charge in [0.25, 0.3) is 0 Å². The van der Waals surface area contributed by atoms with Gasteiger partial charge in [0.1, 0.15) is 0 Å². The summed E-state index contributed by atoms with van der Waals surface area (Å²) < 4.78 is 4.54. The van der Waals surface area contributed by atoms with Gasteiger partial charge in [0.15, 0.2) is 6.61 Å². The number of nitrogens with one attached hydrogen (secondary N) is 1. The highest BCUT2D eigenvalue weighted by Crippen LogP contribution is 2.17. The molecule has 132 valence electrons. The summed E-state index contributed by atoms with van der Waals surface area (Å²) >= 11 is 6.13. The number of aromatic nitrogens is 1. The number of rotatable bonds is 7. The van der Waals surface area contributed by atoms with Crippen LogP contribution in [0.15, 0.2) is 41.6 Å². The Morgan fingerprint density at radius 2 is 2.20 bits per heavy atom. The molecule has 0 aliphatic rings. The Balaban J connectivity index is 1.84. The van der Waals surface area contributed by atoms with Crippen LogP contribution in [0.3, 0.4) is 0 Å². The van der Waals surface area contributed by atoms with E-state index in [1.54, 1.807) is 12.3 Å². The largest absolute Gasteiger partial charge is 0.453 e. The molecule has 0 aliphatic heterocycles. The van der Waals surface area contributed by atoms with Gasteiger partial charge in [0.05, 0.1) is 12.8 Å². The van der Waals surface area contributed by atoms with Crippen molar-refractivity contribution in [2.75, 3.05) is 7.11 Å². The average molecular weight is 362 g/mol. The van der Waals surface area contributed by atoms with Gasteiger partial charge in [-0.1, -0.05) is 35.0 Å². The first-order valence-corrected chi connectivity index (χ1v) is 8.11. The third kappa shape index (κ3) is 6.43. The molecule has 0 spiro atoms. The number of ether oxygens (including phenoxy) is 1. The van der Waals surface area contributed by atoms with Crippen LogP contribution in [-0.2, 0) is 29.1 Å². The van der Waals surface area contributed by atoms with Crippen molar-refractivity contribution < 1.29 is 14.4 Å². The molecule has 0 saturated carbocycles. The number of hydrogen-bond acceptors (Lipinski definition) is 5. The number of carbonyl (C=O) groups is 1. The molecule has 25 heavy (non-hydrogen) atoms. The molecule has 0 unspecified atom stereocenters. The zero-order valence-electron chi connectivity index (χ0n) is 14.2. The van der Waals surface area contributed by atoms with Crippen molar-refractivity contribution in [3.05, 3.63) is 63.9 Å². The van der Waals surface area contributed by atoms with E-state index in [0.29, 0.717) is 24.6 Å². The van der Waals surface area contributed by atoms with Crippen LogP contribution in [-0.4, -0.2) is 24.4 Å². The second kappa shape index (κ2) is 9.64. The van der Waals surface area contributed by atoms with Gasteiger partial charge >= 0.3 is 6.09 Å². The van der Waals surface area contributed by atoms with E-state index in [1.807, 2.05) is 37.3 Å². The van der Waals surface area contributed by atoms with E-state index < -0.39 is 6.09 Å². The molecule has 1 N–H and O–H groups in total. The summed E-state index contributed by atoms with van der Waals surface area (Å²) in [6, 6.07) is 11.4. The normalized spacial score (nSPS) is 10.7. The summed E-state index contributed by atoms with van der Waals surface area (Å²) in [4.78, 5) is 20.7. The van der Waals surface area contributed by atoms with E-state index in [-0.39, 0.29) is 0 Å². The number of nitrogens with zero attached hydrogens (tertiary/aromatic N) is 2. The Kier molecular flexibility index (Phi) is 7.22. The minimum Gasteiger partial charge on any atom is -0.453 e. The highest BCUT2D eigenvalue weighted by molar-refractivity contribution is 6.31. The lowest BCUT2D eigenvalue weighted by Gasteiger charge is -2.07. The topological polar surface area (TPSA) is 72.8 Å². The molecule has 0 saturated heterocycles. The zero-order valence-corrected chi connectivity index (χ0v) is 14.9. The Labute approximate surface area is 151 Å². The van der Waals surface area contributed by atoms with Gasteiger partial charge in [-0.25, -0.2) is 4.79 Å². The van der Waals surface area contributed by atoms with E-state index in [2.05, 4.69) is 20.2 Å². The molecule has 2 aromatic rings. The van der Waals surface area contributed by atoms with Gasteiger partial charge in [-0.15, -0.1) is 0 Å². The fraction of sp³-hybridized carbons (Fsp3) is 0.278. The van der Waals surface area contributed by atoms with Crippen molar-refractivity contribution in [3.8, 4) is 0 Å². The molecular weight excluding hydrogens is 342 g/mol. The van der Waals surface area contributed by atoms with Crippen molar-refractivity contribution >= 4 is 23.9 Å². The van der Waals surface area contributed by atoms with Crippen LogP contribution < -0.4 is 5.32 Å². The third-order valence-electron chi connectivity index (χ3n) is 3.35. The van der Waals surface area contributed by atoms with Gasteiger partial charge in [-0.2, -0.15) is 0 Å². The van der Waals surface area contributed by atoms with Crippen LogP contribution >= 0.6 is 11.6 Å². The van der Waals surface area contributed by atoms with Crippen molar-refractivity contribution in [1.82, 2.24) is 10.3 Å². The van der Waals surface area contributed by atoms with E-state index in [1.165, 1.54) is 7.11 Å². The summed E-state index contributed by atoms with van der Waals surface area (Å²) in [6.07, 6.45) is 1.77. The molecule has 1 heterocycles. The van der Waals surface area contributed by atoms with Crippen LogP contribution in [0.25, 0.3) is 0 Å². The Hall–Kier alpha value is -2.60. The number of aryl methyl sites for hydroxylation is 1. The minimum absolute atomic E-state index is 0.298. The molecule has 0 aliphatic carbocycles. The number of halogens is 1. The molecule has 1 aromatic heterocycles. The van der Waals surface area contributed by atoms with Crippen LogP contribution in [0.2, 0.25) is 5.02 Å². The van der Waals surface area contributed by atoms with Gasteiger partial charge < -0.3 is 14.9 Å². The molecule has 6 nitrogen and oxygen atoms in total. The molecule has 1 aromatic carbocycles. The predicted octanol–water partition coefficient (Wildman–Crippen LogP) is 3.64. The second-order valence-corrected chi connectivity index (χ2v) is 5.71. The summed E-state index contributed by atoms with van der Waals surface area (Å²) in [6.45, 7) is 2.55. The van der Waals surface area contributed by atoms with Gasteiger partial charge in [0.2, 0.25) is 0 Å². The molecule has 0 atom stereocenters. The summed E-state index contributed by atoms with van der Waals surface area (Å²) in [5, 5.41) is 7.13. The lowest BCUT2D eigenvalue weighted by Crippen LogP contribution is -2.22. The highest BCUT2D eigenvalue weighted by Gasteiger charge is 2.04. The van der Waals surface area contributed by atoms with Crippen LogP contribution in [0.5, 0.6) is 0 Å². The lowest BCUT2D eigenvalue weighted by atomic mass is 10.1. The van der Waals surface area contributed by atoms with Crippen molar-refractivity contribution in [2.24, 2.45) is 5.16 Å². The first-order chi connectivity index (χ1) is 12.1. The Morgan fingerprint density at radius 3 is 2.96 bits per heavy atom. The minimum atomic E-state index is -0.499. The third-order valence-corrected chi connectivity index (χ3v) is 3.72. The van der Waals surface area contributed by atoms with E-state index >= 15 is 0 Å². The fourth-order valence-corrected chi connectivity index (χ4v) is 2.29. The number of alkyl carbamates (subject to hydrolysis) is 1. The highest BCUT2D eigenvalue weighted by atomic mass is 35.5. The molecule has 0 radical (unpaired) electrons. The number of carbonyl (C=O) groups excluding carboxylic acids is 1. The quantitative estimate of drug-likeness (QED) is 0.603. The SMILES string of the molecule is COC(=O)NCc1cc(CC=NOCc2cccc(C)n2)ccc1Cl. The van der Waals surface area contributed by atoms with E-state index in [0.717, 1.165) is 22.5 Å². The smallest absolute Gasteiger partial charge is 0.407 e. The van der Waals surface area contributed by atoms with Crippen molar-refractivity contribution in [1.29, 1.82) is 0 Å². The standard InChI is InChI=1S/C18H20ClN3O3/c1-13-4-3-5-16(22-13)12-25-21-9-8-14-6-7-17(19)15(10-14)11-20-18(23)24-2/h3-7,9-10H,8,11-12H2,1-2H3,(H,20,23). The van der Waals surface area contributed by atoms with E-state index in [4.69, 9.17) is 16.4 Å². The maximum atomic E-state index is 11.1. The summed E-state index contributed by atoms with van der Waals surface area (Å²) in [5.41, 5.74) is 3.59. The molecule has 7 heteroatoms. The predicted molar refractivity (Wildman–Crippen MR) is 96.7 cm³/mol. The Bertz CT molecular complexity index is 750. The number of amides is 1. The second-order valence-electron chi connectivity index (χ2n) is 5.31. The molecular formula is C18H20ClN3O3. The van der Waals surface area contributed by atoms with E-state index in [9.17, 15) is 4.79 Å². The average Bonchev–Trinajstić information content (AvgIpc) is 2.61. The Morgan fingerprint density at radius 1 is 1.36 bits per heavy atom. The molecule has 1 amide bonds. The van der Waals surface area contributed by atoms with Crippen LogP contribution in [0, 0.1) is 6.92 Å². The first-order valence-electron chi connectivity index (χ1n) is 7.74. The van der Waals surface area contributed by atoms with Gasteiger partial charge in [-0.05, 0) is 36.2 Å². The summed E-state index contributed by atoms with van der Waals surface area (Å²) in [5.74, 6) is 0. The maximum Gasteiger partial charge on any atom is 0.407 e. The number of benzene rings is 1. The van der Waals surface area contributed by atoms with Crippen LogP contribution in [0.1, 0.15) is 22.5 Å². The zero-order chi connectivity index (χ0) is 18.1.